The van der Waals surface area contributed by atoms with Crippen molar-refractivity contribution in [3.05, 3.63) is 23.9 Å². The predicted molar refractivity (Wildman–Crippen MR) is 45.1 cm³/mol. The molecular weight excluding hydrogens is 209 g/mol. The predicted octanol–water partition coefficient (Wildman–Crippen LogP) is 2.28. The second-order valence-corrected chi connectivity index (χ2v) is 2.80. The number of rotatable bonds is 2. The Bertz CT molecular complexity index is 366. The molecule has 0 unspecified atom stereocenters. The van der Waals surface area contributed by atoms with Gasteiger partial charge in [-0.2, -0.15) is 18.4 Å². The van der Waals surface area contributed by atoms with Crippen molar-refractivity contribution in [3.63, 3.8) is 0 Å². The number of hydrogen-bond acceptors (Lipinski definition) is 3. The van der Waals surface area contributed by atoms with Crippen LogP contribution in [0, 0.1) is 11.3 Å². The molecule has 0 bridgehead atoms. The molecule has 1 heterocycles. The Morgan fingerprint density at radius 1 is 1.47 bits per heavy atom. The van der Waals surface area contributed by atoms with Crippen LogP contribution in [0.5, 0.6) is 5.88 Å². The molecule has 6 heteroatoms. The number of nitrogens with zero attached hydrogens (tertiary/aromatic N) is 2. The zero-order chi connectivity index (χ0) is 11.5. The quantitative estimate of drug-likeness (QED) is 0.761. The van der Waals surface area contributed by atoms with Crippen LogP contribution in [0.2, 0.25) is 0 Å². The largest absolute Gasteiger partial charge is 0.465 e. The van der Waals surface area contributed by atoms with E-state index in [1.165, 1.54) is 12.1 Å². The smallest absolute Gasteiger partial charge is 0.425 e. The Morgan fingerprint density at radius 3 is 2.53 bits per heavy atom. The fourth-order valence-electron chi connectivity index (χ4n) is 0.764. The highest BCUT2D eigenvalue weighted by atomic mass is 19.4. The lowest BCUT2D eigenvalue weighted by molar-refractivity contribution is -0.189. The maximum atomic E-state index is 12.1. The second-order valence-electron chi connectivity index (χ2n) is 2.80. The zero-order valence-corrected chi connectivity index (χ0v) is 7.75. The first kappa shape index (κ1) is 11.3. The molecule has 0 radical (unpaired) electrons. The summed E-state index contributed by atoms with van der Waals surface area (Å²) in [7, 11) is 0. The summed E-state index contributed by atoms with van der Waals surface area (Å²) in [6.45, 7) is 0.889. The van der Waals surface area contributed by atoms with E-state index in [2.05, 4.69) is 9.72 Å². The molecule has 0 saturated heterocycles. The Morgan fingerprint density at radius 2 is 2.13 bits per heavy atom. The topological polar surface area (TPSA) is 45.9 Å². The number of halogens is 3. The maximum absolute atomic E-state index is 12.1. The van der Waals surface area contributed by atoms with Crippen molar-refractivity contribution in [1.29, 1.82) is 5.26 Å². The molecule has 1 aromatic rings. The summed E-state index contributed by atoms with van der Waals surface area (Å²) in [6, 6.07) is 4.36. The van der Waals surface area contributed by atoms with E-state index >= 15 is 0 Å². The van der Waals surface area contributed by atoms with E-state index in [0.717, 1.165) is 13.1 Å². The number of hydrogen-bond donors (Lipinski definition) is 0. The third kappa shape index (κ3) is 3.13. The summed E-state index contributed by atoms with van der Waals surface area (Å²) in [5, 5.41) is 8.43. The number of aromatic nitrogens is 1. The van der Waals surface area contributed by atoms with Gasteiger partial charge in [0.15, 0.2) is 6.10 Å². The first-order valence-electron chi connectivity index (χ1n) is 4.03. The highest BCUT2D eigenvalue weighted by Gasteiger charge is 2.38. The van der Waals surface area contributed by atoms with E-state index < -0.39 is 12.3 Å². The lowest BCUT2D eigenvalue weighted by Gasteiger charge is -2.16. The van der Waals surface area contributed by atoms with Crippen LogP contribution in [-0.2, 0) is 0 Å². The van der Waals surface area contributed by atoms with Gasteiger partial charge in [0, 0.05) is 12.3 Å². The molecule has 3 nitrogen and oxygen atoms in total. The number of ether oxygens (including phenoxy) is 1. The minimum absolute atomic E-state index is 0.154. The average molecular weight is 216 g/mol. The third-order valence-corrected chi connectivity index (χ3v) is 1.62. The standard InChI is InChI=1S/C9H7F3N2O/c1-6(9(10,11)12)15-8-3-2-7(4-13)5-14-8/h2-3,5-6H,1H3/t6-/m1/s1. The van der Waals surface area contributed by atoms with Crippen molar-refractivity contribution in [2.75, 3.05) is 0 Å². The summed E-state index contributed by atoms with van der Waals surface area (Å²) in [5.74, 6) is -0.154. The molecule has 0 spiro atoms. The van der Waals surface area contributed by atoms with Crippen molar-refractivity contribution in [2.24, 2.45) is 0 Å². The van der Waals surface area contributed by atoms with Gasteiger partial charge in [0.05, 0.1) is 5.56 Å². The van der Waals surface area contributed by atoms with Gasteiger partial charge in [-0.15, -0.1) is 0 Å². The molecule has 0 amide bonds. The maximum Gasteiger partial charge on any atom is 0.425 e. The summed E-state index contributed by atoms with van der Waals surface area (Å²) in [6.07, 6.45) is -5.19. The zero-order valence-electron chi connectivity index (χ0n) is 7.75. The van der Waals surface area contributed by atoms with Crippen molar-refractivity contribution in [2.45, 2.75) is 19.2 Å². The van der Waals surface area contributed by atoms with E-state index in [9.17, 15) is 13.2 Å². The van der Waals surface area contributed by atoms with E-state index in [1.807, 2.05) is 0 Å². The highest BCUT2D eigenvalue weighted by Crippen LogP contribution is 2.23. The molecular formula is C9H7F3N2O. The Hall–Kier alpha value is -1.77. The molecule has 0 aliphatic rings. The average Bonchev–Trinajstić information content (AvgIpc) is 2.17. The first-order valence-corrected chi connectivity index (χ1v) is 4.03. The van der Waals surface area contributed by atoms with Crippen LogP contribution in [0.15, 0.2) is 18.3 Å². The third-order valence-electron chi connectivity index (χ3n) is 1.62. The Balaban J connectivity index is 2.70. The van der Waals surface area contributed by atoms with E-state index in [1.54, 1.807) is 6.07 Å². The SMILES string of the molecule is C[C@@H](Oc1ccc(C#N)cn1)C(F)(F)F. The van der Waals surface area contributed by atoms with Crippen LogP contribution >= 0.6 is 0 Å². The fraction of sp³-hybridized carbons (Fsp3) is 0.333. The van der Waals surface area contributed by atoms with Gasteiger partial charge >= 0.3 is 6.18 Å². The number of pyridine rings is 1. The van der Waals surface area contributed by atoms with Crippen LogP contribution in [0.1, 0.15) is 12.5 Å². The molecule has 15 heavy (non-hydrogen) atoms. The van der Waals surface area contributed by atoms with Gasteiger partial charge in [-0.1, -0.05) is 0 Å². The highest BCUT2D eigenvalue weighted by molar-refractivity contribution is 5.28. The lowest BCUT2D eigenvalue weighted by atomic mass is 10.3. The van der Waals surface area contributed by atoms with Crippen molar-refractivity contribution in [3.8, 4) is 11.9 Å². The molecule has 0 aliphatic heterocycles. The number of nitriles is 1. The van der Waals surface area contributed by atoms with Gasteiger partial charge in [-0.05, 0) is 13.0 Å². The molecule has 0 aromatic carbocycles. The van der Waals surface area contributed by atoms with Crippen LogP contribution in [-0.4, -0.2) is 17.3 Å². The Labute approximate surface area is 84.1 Å². The van der Waals surface area contributed by atoms with Crippen molar-refractivity contribution < 1.29 is 17.9 Å². The molecule has 1 aromatic heterocycles. The second kappa shape index (κ2) is 4.17. The molecule has 80 valence electrons. The van der Waals surface area contributed by atoms with Crippen LogP contribution < -0.4 is 4.74 Å². The molecule has 0 saturated carbocycles. The van der Waals surface area contributed by atoms with E-state index in [-0.39, 0.29) is 11.4 Å². The molecule has 0 aliphatic carbocycles. The normalized spacial score (nSPS) is 13.0. The summed E-state index contributed by atoms with van der Waals surface area (Å²) in [5.41, 5.74) is 0.266. The summed E-state index contributed by atoms with van der Waals surface area (Å²) in [4.78, 5) is 3.56. The van der Waals surface area contributed by atoms with Gasteiger partial charge < -0.3 is 4.74 Å². The monoisotopic (exact) mass is 216 g/mol. The first-order chi connectivity index (χ1) is 6.93. The van der Waals surface area contributed by atoms with E-state index in [0.29, 0.717) is 0 Å². The molecule has 0 N–H and O–H groups in total. The van der Waals surface area contributed by atoms with Crippen molar-refractivity contribution in [1.82, 2.24) is 4.98 Å². The number of alkyl halides is 3. The van der Waals surface area contributed by atoms with Crippen molar-refractivity contribution >= 4 is 0 Å². The van der Waals surface area contributed by atoms with Gasteiger partial charge in [0.25, 0.3) is 0 Å². The minimum Gasteiger partial charge on any atom is -0.465 e. The minimum atomic E-state index is -4.42. The summed E-state index contributed by atoms with van der Waals surface area (Å²) < 4.78 is 40.8. The molecule has 0 fully saturated rings. The van der Waals surface area contributed by atoms with Gasteiger partial charge in [0.2, 0.25) is 5.88 Å². The van der Waals surface area contributed by atoms with Crippen LogP contribution in [0.25, 0.3) is 0 Å². The van der Waals surface area contributed by atoms with Gasteiger partial charge in [-0.25, -0.2) is 4.98 Å². The molecule has 1 rings (SSSR count). The Kier molecular flexibility index (Phi) is 3.14. The molecule has 1 atom stereocenters. The van der Waals surface area contributed by atoms with Gasteiger partial charge in [-0.3, -0.25) is 0 Å². The van der Waals surface area contributed by atoms with Crippen LogP contribution in [0.4, 0.5) is 13.2 Å². The van der Waals surface area contributed by atoms with Crippen LogP contribution in [0.3, 0.4) is 0 Å². The fourth-order valence-corrected chi connectivity index (χ4v) is 0.764. The lowest BCUT2D eigenvalue weighted by Crippen LogP contribution is -2.31. The van der Waals surface area contributed by atoms with E-state index in [4.69, 9.17) is 5.26 Å². The van der Waals surface area contributed by atoms with Gasteiger partial charge in [0.1, 0.15) is 6.07 Å². The summed E-state index contributed by atoms with van der Waals surface area (Å²) >= 11 is 0.